The summed E-state index contributed by atoms with van der Waals surface area (Å²) < 4.78 is 0. The molecule has 5 heteroatoms. The molecule has 2 aromatic carbocycles. The van der Waals surface area contributed by atoms with Crippen LogP contribution in [0.2, 0.25) is 0 Å². The molecule has 4 rings (SSSR count). The van der Waals surface area contributed by atoms with E-state index in [-0.39, 0.29) is 0 Å². The Kier molecular flexibility index (Phi) is 3.36. The molecule has 1 N–H and O–H groups in total. The van der Waals surface area contributed by atoms with E-state index in [0.29, 0.717) is 6.54 Å². The van der Waals surface area contributed by atoms with Gasteiger partial charge in [0.2, 0.25) is 5.13 Å². The third-order valence-corrected chi connectivity index (χ3v) is 4.91. The van der Waals surface area contributed by atoms with Gasteiger partial charge in [0, 0.05) is 12.1 Å². The van der Waals surface area contributed by atoms with Gasteiger partial charge < -0.3 is 10.0 Å². The van der Waals surface area contributed by atoms with Gasteiger partial charge in [-0.2, -0.15) is 0 Å². The maximum atomic E-state index is 10.3. The van der Waals surface area contributed by atoms with Crippen LogP contribution < -0.4 is 4.90 Å². The molecule has 1 atom stereocenters. The molecule has 3 aromatic rings. The van der Waals surface area contributed by atoms with Gasteiger partial charge in [-0.15, -0.1) is 10.2 Å². The van der Waals surface area contributed by atoms with Crippen molar-refractivity contribution in [2.75, 3.05) is 11.4 Å². The molecular formula is C17H15N3OS. The molecule has 0 fully saturated rings. The SMILES string of the molecule is O[C@H]1CN(c2nnc(-c3ccccc3)s2)Cc2ccccc21. The summed E-state index contributed by atoms with van der Waals surface area (Å²) in [6.07, 6.45) is -0.478. The normalized spacial score (nSPS) is 17.3. The first-order valence-corrected chi connectivity index (χ1v) is 8.02. The fourth-order valence-electron chi connectivity index (χ4n) is 2.77. The molecule has 0 amide bonds. The number of anilines is 1. The minimum absolute atomic E-state index is 0.478. The number of benzene rings is 2. The number of aromatic nitrogens is 2. The van der Waals surface area contributed by atoms with Gasteiger partial charge in [-0.05, 0) is 11.1 Å². The number of aliphatic hydroxyl groups excluding tert-OH is 1. The Hall–Kier alpha value is -2.24. The van der Waals surface area contributed by atoms with E-state index in [4.69, 9.17) is 0 Å². The Labute approximate surface area is 132 Å². The molecule has 0 radical (unpaired) electrons. The summed E-state index contributed by atoms with van der Waals surface area (Å²) >= 11 is 1.56. The van der Waals surface area contributed by atoms with Crippen molar-refractivity contribution in [3.05, 3.63) is 65.7 Å². The van der Waals surface area contributed by atoms with Crippen LogP contribution in [0, 0.1) is 0 Å². The van der Waals surface area contributed by atoms with Gasteiger partial charge in [0.1, 0.15) is 5.01 Å². The van der Waals surface area contributed by atoms with Gasteiger partial charge in [-0.3, -0.25) is 0 Å². The van der Waals surface area contributed by atoms with Crippen molar-refractivity contribution in [1.82, 2.24) is 10.2 Å². The number of nitrogens with zero attached hydrogens (tertiary/aromatic N) is 3. The standard InChI is InChI=1S/C17H15N3OS/c21-15-11-20(10-13-8-4-5-9-14(13)15)17-19-18-16(22-17)12-6-2-1-3-7-12/h1-9,15,21H,10-11H2/t15-/m0/s1. The van der Waals surface area contributed by atoms with E-state index in [1.54, 1.807) is 11.3 Å². The lowest BCUT2D eigenvalue weighted by Gasteiger charge is -2.31. The zero-order valence-corrected chi connectivity index (χ0v) is 12.7. The first kappa shape index (κ1) is 13.4. The quantitative estimate of drug-likeness (QED) is 0.789. The molecule has 1 aliphatic heterocycles. The number of hydrogen-bond acceptors (Lipinski definition) is 5. The largest absolute Gasteiger partial charge is 0.387 e. The molecule has 22 heavy (non-hydrogen) atoms. The zero-order valence-electron chi connectivity index (χ0n) is 11.9. The van der Waals surface area contributed by atoms with E-state index in [2.05, 4.69) is 21.2 Å². The third kappa shape index (κ3) is 2.38. The summed E-state index contributed by atoms with van der Waals surface area (Å²) in [5.41, 5.74) is 3.24. The van der Waals surface area contributed by atoms with Gasteiger partial charge in [-0.1, -0.05) is 65.9 Å². The van der Waals surface area contributed by atoms with Gasteiger partial charge in [0.15, 0.2) is 0 Å². The molecule has 0 saturated carbocycles. The second-order valence-electron chi connectivity index (χ2n) is 5.35. The molecule has 110 valence electrons. The lowest BCUT2D eigenvalue weighted by molar-refractivity contribution is 0.175. The lowest BCUT2D eigenvalue weighted by atomic mass is 9.98. The highest BCUT2D eigenvalue weighted by molar-refractivity contribution is 7.18. The topological polar surface area (TPSA) is 49.2 Å². The van der Waals surface area contributed by atoms with Crippen molar-refractivity contribution < 1.29 is 5.11 Å². The predicted molar refractivity (Wildman–Crippen MR) is 87.8 cm³/mol. The molecule has 1 aromatic heterocycles. The average molecular weight is 309 g/mol. The van der Waals surface area contributed by atoms with Crippen molar-refractivity contribution in [1.29, 1.82) is 0 Å². The van der Waals surface area contributed by atoms with Crippen molar-refractivity contribution in [3.63, 3.8) is 0 Å². The molecule has 0 spiro atoms. The van der Waals surface area contributed by atoms with E-state index in [1.807, 2.05) is 48.5 Å². The Morgan fingerprint density at radius 2 is 1.77 bits per heavy atom. The van der Waals surface area contributed by atoms with E-state index >= 15 is 0 Å². The summed E-state index contributed by atoms with van der Waals surface area (Å²) in [4.78, 5) is 2.09. The predicted octanol–water partition coefficient (Wildman–Crippen LogP) is 3.26. The minimum Gasteiger partial charge on any atom is -0.387 e. The van der Waals surface area contributed by atoms with Gasteiger partial charge in [0.25, 0.3) is 0 Å². The van der Waals surface area contributed by atoms with Crippen LogP contribution in [0.3, 0.4) is 0 Å². The van der Waals surface area contributed by atoms with Crippen LogP contribution in [-0.2, 0) is 6.54 Å². The number of fused-ring (bicyclic) bond motifs is 1. The molecule has 1 aliphatic rings. The molecule has 0 bridgehead atoms. The number of hydrogen-bond donors (Lipinski definition) is 1. The Morgan fingerprint density at radius 3 is 2.64 bits per heavy atom. The van der Waals surface area contributed by atoms with Crippen LogP contribution in [0.25, 0.3) is 10.6 Å². The Balaban J connectivity index is 1.63. The van der Waals surface area contributed by atoms with E-state index < -0.39 is 6.10 Å². The van der Waals surface area contributed by atoms with Crippen molar-refractivity contribution >= 4 is 16.5 Å². The summed E-state index contributed by atoms with van der Waals surface area (Å²) in [6.45, 7) is 1.32. The smallest absolute Gasteiger partial charge is 0.209 e. The van der Waals surface area contributed by atoms with E-state index in [0.717, 1.165) is 33.4 Å². The second kappa shape index (κ2) is 5.51. The average Bonchev–Trinajstić information content (AvgIpc) is 3.06. The minimum atomic E-state index is -0.478. The van der Waals surface area contributed by atoms with Crippen LogP contribution >= 0.6 is 11.3 Å². The maximum Gasteiger partial charge on any atom is 0.209 e. The summed E-state index contributed by atoms with van der Waals surface area (Å²) in [7, 11) is 0. The summed E-state index contributed by atoms with van der Waals surface area (Å²) in [5.74, 6) is 0. The van der Waals surface area contributed by atoms with E-state index in [1.165, 1.54) is 0 Å². The highest BCUT2D eigenvalue weighted by Crippen LogP contribution is 2.34. The summed E-state index contributed by atoms with van der Waals surface area (Å²) in [6, 6.07) is 18.1. The van der Waals surface area contributed by atoms with Crippen LogP contribution in [0.15, 0.2) is 54.6 Å². The van der Waals surface area contributed by atoms with Gasteiger partial charge in [0.05, 0.1) is 12.6 Å². The molecule has 0 unspecified atom stereocenters. The monoisotopic (exact) mass is 309 g/mol. The van der Waals surface area contributed by atoms with Gasteiger partial charge >= 0.3 is 0 Å². The molecular weight excluding hydrogens is 294 g/mol. The molecule has 0 saturated heterocycles. The number of aliphatic hydroxyl groups is 1. The highest BCUT2D eigenvalue weighted by atomic mass is 32.1. The first-order chi connectivity index (χ1) is 10.8. The van der Waals surface area contributed by atoms with Crippen molar-refractivity contribution in [2.45, 2.75) is 12.6 Å². The van der Waals surface area contributed by atoms with Gasteiger partial charge in [-0.25, -0.2) is 0 Å². The fraction of sp³-hybridized carbons (Fsp3) is 0.176. The van der Waals surface area contributed by atoms with Crippen LogP contribution in [0.4, 0.5) is 5.13 Å². The highest BCUT2D eigenvalue weighted by Gasteiger charge is 2.25. The second-order valence-corrected chi connectivity index (χ2v) is 6.31. The molecule has 4 nitrogen and oxygen atoms in total. The maximum absolute atomic E-state index is 10.3. The summed E-state index contributed by atoms with van der Waals surface area (Å²) in [5, 5.41) is 20.7. The lowest BCUT2D eigenvalue weighted by Crippen LogP contribution is -2.33. The Bertz CT molecular complexity index is 787. The fourth-order valence-corrected chi connectivity index (χ4v) is 3.63. The molecule has 0 aliphatic carbocycles. The zero-order chi connectivity index (χ0) is 14.9. The van der Waals surface area contributed by atoms with Crippen molar-refractivity contribution in [3.8, 4) is 10.6 Å². The first-order valence-electron chi connectivity index (χ1n) is 7.21. The number of β-amino-alcohol motifs (C(OH)–C–C–N with tert-alkyl or cyclic N) is 1. The van der Waals surface area contributed by atoms with E-state index in [9.17, 15) is 5.11 Å². The third-order valence-electron chi connectivity index (χ3n) is 3.87. The van der Waals surface area contributed by atoms with Crippen LogP contribution in [0.1, 0.15) is 17.2 Å². The van der Waals surface area contributed by atoms with Crippen LogP contribution in [-0.4, -0.2) is 21.8 Å². The Morgan fingerprint density at radius 1 is 1.00 bits per heavy atom. The van der Waals surface area contributed by atoms with Crippen LogP contribution in [0.5, 0.6) is 0 Å². The molecule has 2 heterocycles. The number of rotatable bonds is 2. The van der Waals surface area contributed by atoms with Crippen molar-refractivity contribution in [2.24, 2.45) is 0 Å².